The Labute approximate surface area is 203 Å². The summed E-state index contributed by atoms with van der Waals surface area (Å²) in [6.45, 7) is 6.07. The molecule has 7 nitrogen and oxygen atoms in total. The van der Waals surface area contributed by atoms with Gasteiger partial charge in [-0.15, -0.1) is 0 Å². The van der Waals surface area contributed by atoms with Gasteiger partial charge >= 0.3 is 6.03 Å². The van der Waals surface area contributed by atoms with Crippen LogP contribution >= 0.6 is 11.6 Å². The van der Waals surface area contributed by atoms with Gasteiger partial charge in [0.05, 0.1) is 17.7 Å². The SMILES string of the molecule is CNC[C@@H](NC(=O)N1CCC[C@@H]([C@@](O)(CCCCOC)c2cccc(Cl)c2)C1)[C@@H](O)C(C)C. The predicted octanol–water partition coefficient (Wildman–Crippen LogP) is 3.37. The average Bonchev–Trinajstić information content (AvgIpc) is 2.81. The van der Waals surface area contributed by atoms with Crippen LogP contribution in [0.1, 0.15) is 51.5 Å². The van der Waals surface area contributed by atoms with Gasteiger partial charge in [0.2, 0.25) is 0 Å². The van der Waals surface area contributed by atoms with Gasteiger partial charge in [0.15, 0.2) is 0 Å². The molecular formula is C25H42ClN3O4. The smallest absolute Gasteiger partial charge is 0.317 e. The maximum Gasteiger partial charge on any atom is 0.317 e. The van der Waals surface area contributed by atoms with E-state index in [1.165, 1.54) is 0 Å². The molecule has 1 heterocycles. The number of piperidine rings is 1. The van der Waals surface area contributed by atoms with Crippen LogP contribution in [0.15, 0.2) is 24.3 Å². The van der Waals surface area contributed by atoms with Gasteiger partial charge in [-0.25, -0.2) is 4.79 Å². The fourth-order valence-electron chi connectivity index (χ4n) is 4.73. The highest BCUT2D eigenvalue weighted by atomic mass is 35.5. The number of hydrogen-bond acceptors (Lipinski definition) is 5. The fraction of sp³-hybridized carbons (Fsp3) is 0.720. The quantitative estimate of drug-likeness (QED) is 0.342. The van der Waals surface area contributed by atoms with Gasteiger partial charge in [0, 0.05) is 44.3 Å². The van der Waals surface area contributed by atoms with E-state index in [0.717, 1.165) is 31.2 Å². The monoisotopic (exact) mass is 483 g/mol. The average molecular weight is 484 g/mol. The lowest BCUT2D eigenvalue weighted by Crippen LogP contribution is -2.57. The van der Waals surface area contributed by atoms with Crippen molar-refractivity contribution in [2.75, 3.05) is 40.4 Å². The number of likely N-dealkylation sites (tertiary alicyclic amines) is 1. The van der Waals surface area contributed by atoms with E-state index >= 15 is 0 Å². The Morgan fingerprint density at radius 1 is 1.36 bits per heavy atom. The van der Waals surface area contributed by atoms with Crippen molar-refractivity contribution in [1.82, 2.24) is 15.5 Å². The maximum atomic E-state index is 13.1. The summed E-state index contributed by atoms with van der Waals surface area (Å²) in [6, 6.07) is 6.83. The lowest BCUT2D eigenvalue weighted by Gasteiger charge is -2.43. The number of likely N-dealkylation sites (N-methyl/N-ethyl adjacent to an activating group) is 1. The number of unbranched alkanes of at least 4 members (excludes halogenated alkanes) is 1. The molecule has 4 atom stereocenters. The van der Waals surface area contributed by atoms with E-state index in [9.17, 15) is 15.0 Å². The van der Waals surface area contributed by atoms with Gasteiger partial charge in [0.1, 0.15) is 0 Å². The lowest BCUT2D eigenvalue weighted by atomic mass is 9.74. The Morgan fingerprint density at radius 3 is 2.76 bits per heavy atom. The number of carbonyl (C=O) groups is 1. The summed E-state index contributed by atoms with van der Waals surface area (Å²) in [7, 11) is 3.48. The molecule has 0 spiro atoms. The van der Waals surface area contributed by atoms with Gasteiger partial charge in [-0.05, 0) is 62.8 Å². The van der Waals surface area contributed by atoms with Crippen LogP contribution in [0.3, 0.4) is 0 Å². The van der Waals surface area contributed by atoms with E-state index in [4.69, 9.17) is 16.3 Å². The summed E-state index contributed by atoms with van der Waals surface area (Å²) in [6.07, 6.45) is 3.23. The highest BCUT2D eigenvalue weighted by Gasteiger charge is 2.41. The Bertz CT molecular complexity index is 735. The molecule has 1 aliphatic heterocycles. The number of benzene rings is 1. The fourth-order valence-corrected chi connectivity index (χ4v) is 4.92. The first-order valence-electron chi connectivity index (χ1n) is 12.1. The van der Waals surface area contributed by atoms with Crippen LogP contribution in [0.2, 0.25) is 5.02 Å². The topological polar surface area (TPSA) is 94.1 Å². The first kappa shape index (κ1) is 27.9. The molecule has 0 bridgehead atoms. The van der Waals surface area contributed by atoms with Crippen molar-refractivity contribution >= 4 is 17.6 Å². The first-order valence-corrected chi connectivity index (χ1v) is 12.5. The predicted molar refractivity (Wildman–Crippen MR) is 132 cm³/mol. The second-order valence-electron chi connectivity index (χ2n) is 9.52. The first-order chi connectivity index (χ1) is 15.7. The molecule has 0 saturated carbocycles. The molecule has 0 radical (unpaired) electrons. The number of methoxy groups -OCH3 is 1. The third-order valence-electron chi connectivity index (χ3n) is 6.69. The molecular weight excluding hydrogens is 442 g/mol. The minimum Gasteiger partial charge on any atom is -0.391 e. The Balaban J connectivity index is 2.17. The number of aliphatic hydroxyl groups excluding tert-OH is 1. The number of hydrogen-bond donors (Lipinski definition) is 4. The van der Waals surface area contributed by atoms with Crippen molar-refractivity contribution in [2.24, 2.45) is 11.8 Å². The number of urea groups is 1. The van der Waals surface area contributed by atoms with Crippen LogP contribution in [0.4, 0.5) is 4.79 Å². The molecule has 0 aliphatic carbocycles. The molecule has 0 unspecified atom stereocenters. The summed E-state index contributed by atoms with van der Waals surface area (Å²) in [5.41, 5.74) is -0.290. The number of halogens is 1. The van der Waals surface area contributed by atoms with E-state index in [1.54, 1.807) is 25.1 Å². The highest BCUT2D eigenvalue weighted by Crippen LogP contribution is 2.40. The van der Waals surface area contributed by atoms with Gasteiger partial charge in [-0.3, -0.25) is 0 Å². The highest BCUT2D eigenvalue weighted by molar-refractivity contribution is 6.30. The standard InChI is InChI=1S/C25H42ClN3O4/c1-18(2)23(30)22(16-27-3)28-24(31)29-13-8-10-20(17-29)25(32,12-5-6-14-33-4)19-9-7-11-21(26)15-19/h7,9,11,15,18,20,22-23,27,30,32H,5-6,8,10,12-14,16-17H2,1-4H3,(H,28,31)/t20-,22-,23+,25-/m1/s1. The molecule has 1 aromatic rings. The maximum absolute atomic E-state index is 13.1. The van der Waals surface area contributed by atoms with Gasteiger partial charge in [0.25, 0.3) is 0 Å². The van der Waals surface area contributed by atoms with Crippen LogP contribution in [-0.2, 0) is 10.3 Å². The number of amides is 2. The van der Waals surface area contributed by atoms with Gasteiger partial charge in [-0.2, -0.15) is 0 Å². The van der Waals surface area contributed by atoms with E-state index in [1.807, 2.05) is 32.0 Å². The number of aliphatic hydroxyl groups is 2. The molecule has 1 saturated heterocycles. The molecule has 188 valence electrons. The lowest BCUT2D eigenvalue weighted by molar-refractivity contribution is -0.0566. The third kappa shape index (κ3) is 7.82. The summed E-state index contributed by atoms with van der Waals surface area (Å²) in [5, 5.41) is 29.1. The van der Waals surface area contributed by atoms with Crippen molar-refractivity contribution in [3.8, 4) is 0 Å². The van der Waals surface area contributed by atoms with Gasteiger partial charge < -0.3 is 30.5 Å². The number of ether oxygens (including phenoxy) is 1. The van der Waals surface area contributed by atoms with Crippen molar-refractivity contribution in [3.63, 3.8) is 0 Å². The van der Waals surface area contributed by atoms with E-state index in [0.29, 0.717) is 37.7 Å². The van der Waals surface area contributed by atoms with Crippen molar-refractivity contribution < 1.29 is 19.7 Å². The zero-order chi connectivity index (χ0) is 24.4. The van der Waals surface area contributed by atoms with Crippen LogP contribution in [0.25, 0.3) is 0 Å². The second-order valence-corrected chi connectivity index (χ2v) is 9.95. The summed E-state index contributed by atoms with van der Waals surface area (Å²) in [4.78, 5) is 14.9. The van der Waals surface area contributed by atoms with Crippen molar-refractivity contribution in [3.05, 3.63) is 34.9 Å². The second kappa shape index (κ2) is 13.5. The molecule has 33 heavy (non-hydrogen) atoms. The number of nitrogens with one attached hydrogen (secondary N) is 2. The number of rotatable bonds is 12. The van der Waals surface area contributed by atoms with Crippen LogP contribution < -0.4 is 10.6 Å². The molecule has 0 aromatic heterocycles. The summed E-state index contributed by atoms with van der Waals surface area (Å²) < 4.78 is 5.18. The third-order valence-corrected chi connectivity index (χ3v) is 6.93. The molecule has 2 rings (SSSR count). The van der Waals surface area contributed by atoms with Crippen molar-refractivity contribution in [1.29, 1.82) is 0 Å². The Hall–Kier alpha value is -1.38. The number of nitrogens with zero attached hydrogens (tertiary/aromatic N) is 1. The minimum atomic E-state index is -1.08. The zero-order valence-electron chi connectivity index (χ0n) is 20.5. The minimum absolute atomic E-state index is 0.0257. The number of carbonyl (C=O) groups excluding carboxylic acids is 1. The summed E-state index contributed by atoms with van der Waals surface area (Å²) >= 11 is 6.26. The largest absolute Gasteiger partial charge is 0.391 e. The Kier molecular flexibility index (Phi) is 11.4. The van der Waals surface area contributed by atoms with Gasteiger partial charge in [-0.1, -0.05) is 37.6 Å². The zero-order valence-corrected chi connectivity index (χ0v) is 21.3. The molecule has 1 fully saturated rings. The van der Waals surface area contributed by atoms with Crippen LogP contribution in [0.5, 0.6) is 0 Å². The van der Waals surface area contributed by atoms with E-state index < -0.39 is 11.7 Å². The van der Waals surface area contributed by atoms with Crippen LogP contribution in [-0.4, -0.2) is 73.7 Å². The normalized spacial score (nSPS) is 20.4. The summed E-state index contributed by atoms with van der Waals surface area (Å²) in [5.74, 6) is -0.0893. The Morgan fingerprint density at radius 2 is 2.12 bits per heavy atom. The molecule has 8 heteroatoms. The van der Waals surface area contributed by atoms with Crippen molar-refractivity contribution in [2.45, 2.75) is 63.7 Å². The molecule has 4 N–H and O–H groups in total. The molecule has 1 aliphatic rings. The van der Waals surface area contributed by atoms with Crippen LogP contribution in [0, 0.1) is 11.8 Å². The molecule has 2 amide bonds. The van der Waals surface area contributed by atoms with E-state index in [-0.39, 0.29) is 23.9 Å². The van der Waals surface area contributed by atoms with E-state index in [2.05, 4.69) is 10.6 Å². The molecule has 1 aromatic carbocycles.